The molecule has 2 N–H and O–H groups in total. The van der Waals surface area contributed by atoms with Crippen LogP contribution in [0.15, 0.2) is 36.4 Å². The molecule has 5 heteroatoms. The maximum Gasteiger partial charge on any atom is 0.311 e. The Labute approximate surface area is 131 Å². The van der Waals surface area contributed by atoms with E-state index in [1.807, 2.05) is 24.3 Å². The van der Waals surface area contributed by atoms with E-state index in [0.29, 0.717) is 11.8 Å². The molecule has 0 bridgehead atoms. The SMILES string of the molecule is NC(=O)c1c(OC(=O)CCCCBr)ccc2ccccc12. The summed E-state index contributed by atoms with van der Waals surface area (Å²) in [6.07, 6.45) is 1.95. The first-order valence-electron chi connectivity index (χ1n) is 6.71. The average Bonchev–Trinajstić information content (AvgIpc) is 2.47. The molecule has 2 rings (SSSR count). The van der Waals surface area contributed by atoms with Crippen molar-refractivity contribution in [3.63, 3.8) is 0 Å². The molecule has 2 aromatic carbocycles. The number of carbonyl (C=O) groups excluding carboxylic acids is 2. The highest BCUT2D eigenvalue weighted by atomic mass is 79.9. The van der Waals surface area contributed by atoms with Crippen LogP contribution in [0.25, 0.3) is 10.8 Å². The molecule has 0 atom stereocenters. The second-order valence-electron chi connectivity index (χ2n) is 4.64. The normalized spacial score (nSPS) is 10.5. The van der Waals surface area contributed by atoms with E-state index in [0.717, 1.165) is 23.6 Å². The minimum atomic E-state index is -0.602. The molecule has 21 heavy (non-hydrogen) atoms. The van der Waals surface area contributed by atoms with Crippen LogP contribution in [0.4, 0.5) is 0 Å². The second-order valence-corrected chi connectivity index (χ2v) is 5.44. The van der Waals surface area contributed by atoms with Gasteiger partial charge in [0.05, 0.1) is 5.56 Å². The first kappa shape index (κ1) is 15.5. The van der Waals surface area contributed by atoms with Crippen LogP contribution < -0.4 is 10.5 Å². The number of benzene rings is 2. The Morgan fingerprint density at radius 3 is 2.57 bits per heavy atom. The zero-order valence-electron chi connectivity index (χ0n) is 11.5. The molecule has 1 amide bonds. The number of hydrogen-bond donors (Lipinski definition) is 1. The Morgan fingerprint density at radius 1 is 1.10 bits per heavy atom. The lowest BCUT2D eigenvalue weighted by Gasteiger charge is -2.10. The number of carbonyl (C=O) groups is 2. The van der Waals surface area contributed by atoms with Crippen molar-refractivity contribution in [2.45, 2.75) is 19.3 Å². The van der Waals surface area contributed by atoms with E-state index >= 15 is 0 Å². The quantitative estimate of drug-likeness (QED) is 0.376. The number of hydrogen-bond acceptors (Lipinski definition) is 3. The number of ether oxygens (including phenoxy) is 1. The molecule has 0 aliphatic carbocycles. The second kappa shape index (κ2) is 7.22. The first-order valence-corrected chi connectivity index (χ1v) is 7.84. The molecule has 0 saturated heterocycles. The van der Waals surface area contributed by atoms with Crippen LogP contribution in [-0.2, 0) is 4.79 Å². The van der Waals surface area contributed by atoms with Gasteiger partial charge in [0.25, 0.3) is 5.91 Å². The van der Waals surface area contributed by atoms with Gasteiger partial charge in [-0.05, 0) is 29.7 Å². The van der Waals surface area contributed by atoms with Crippen molar-refractivity contribution in [3.8, 4) is 5.75 Å². The summed E-state index contributed by atoms with van der Waals surface area (Å²) in [4.78, 5) is 23.5. The third-order valence-electron chi connectivity index (χ3n) is 3.13. The van der Waals surface area contributed by atoms with Crippen LogP contribution in [0.3, 0.4) is 0 Å². The lowest BCUT2D eigenvalue weighted by atomic mass is 10.0. The first-order chi connectivity index (χ1) is 10.1. The van der Waals surface area contributed by atoms with E-state index in [2.05, 4.69) is 15.9 Å². The van der Waals surface area contributed by atoms with Crippen molar-refractivity contribution in [2.75, 3.05) is 5.33 Å². The third kappa shape index (κ3) is 3.82. The highest BCUT2D eigenvalue weighted by Gasteiger charge is 2.16. The lowest BCUT2D eigenvalue weighted by molar-refractivity contribution is -0.134. The van der Waals surface area contributed by atoms with Gasteiger partial charge in [-0.25, -0.2) is 0 Å². The molecule has 0 spiro atoms. The summed E-state index contributed by atoms with van der Waals surface area (Å²) in [5.74, 6) is -0.728. The fraction of sp³-hybridized carbons (Fsp3) is 0.250. The highest BCUT2D eigenvalue weighted by Crippen LogP contribution is 2.28. The lowest BCUT2D eigenvalue weighted by Crippen LogP contribution is -2.16. The zero-order valence-corrected chi connectivity index (χ0v) is 13.1. The van der Waals surface area contributed by atoms with Crippen molar-refractivity contribution in [1.29, 1.82) is 0 Å². The maximum absolute atomic E-state index is 11.8. The van der Waals surface area contributed by atoms with Gasteiger partial charge in [-0.2, -0.15) is 0 Å². The number of esters is 1. The Bertz CT molecular complexity index is 670. The number of alkyl halides is 1. The summed E-state index contributed by atoms with van der Waals surface area (Å²) in [6, 6.07) is 10.8. The largest absolute Gasteiger partial charge is 0.426 e. The number of rotatable bonds is 6. The van der Waals surface area contributed by atoms with Gasteiger partial charge in [0.2, 0.25) is 0 Å². The van der Waals surface area contributed by atoms with Crippen LogP contribution in [0.1, 0.15) is 29.6 Å². The van der Waals surface area contributed by atoms with Crippen LogP contribution in [0, 0.1) is 0 Å². The van der Waals surface area contributed by atoms with Crippen LogP contribution in [0.5, 0.6) is 5.75 Å². The van der Waals surface area contributed by atoms with E-state index in [-0.39, 0.29) is 17.3 Å². The number of nitrogens with two attached hydrogens (primary N) is 1. The van der Waals surface area contributed by atoms with Crippen molar-refractivity contribution in [3.05, 3.63) is 42.0 Å². The fourth-order valence-corrected chi connectivity index (χ4v) is 2.52. The molecule has 0 radical (unpaired) electrons. The Hall–Kier alpha value is -1.88. The van der Waals surface area contributed by atoms with Crippen molar-refractivity contribution >= 4 is 38.6 Å². The van der Waals surface area contributed by atoms with Crippen LogP contribution in [-0.4, -0.2) is 17.2 Å². The number of halogens is 1. The minimum absolute atomic E-state index is 0.227. The average molecular weight is 350 g/mol. The molecule has 0 aliphatic rings. The van der Waals surface area contributed by atoms with E-state index in [9.17, 15) is 9.59 Å². The summed E-state index contributed by atoms with van der Waals surface area (Å²) in [5, 5.41) is 2.42. The molecular formula is C16H16BrNO3. The van der Waals surface area contributed by atoms with E-state index in [1.165, 1.54) is 0 Å². The fourth-order valence-electron chi connectivity index (χ4n) is 2.13. The third-order valence-corrected chi connectivity index (χ3v) is 3.69. The number of unbranched alkanes of at least 4 members (excludes halogenated alkanes) is 1. The molecule has 0 aliphatic heterocycles. The Kier molecular flexibility index (Phi) is 5.33. The summed E-state index contributed by atoms with van der Waals surface area (Å²) in [7, 11) is 0. The number of primary amides is 1. The maximum atomic E-state index is 11.8. The number of fused-ring (bicyclic) bond motifs is 1. The predicted molar refractivity (Wildman–Crippen MR) is 85.7 cm³/mol. The van der Waals surface area contributed by atoms with Crippen LogP contribution >= 0.6 is 15.9 Å². The van der Waals surface area contributed by atoms with Gasteiger partial charge in [-0.3, -0.25) is 9.59 Å². The standard InChI is InChI=1S/C16H16BrNO3/c17-10-4-3-7-14(19)21-13-9-8-11-5-1-2-6-12(11)15(13)16(18)20/h1-2,5-6,8-9H,3-4,7,10H2,(H2,18,20). The topological polar surface area (TPSA) is 69.4 Å². The summed E-state index contributed by atoms with van der Waals surface area (Å²) < 4.78 is 5.31. The summed E-state index contributed by atoms with van der Waals surface area (Å²) >= 11 is 3.31. The number of amides is 1. The monoisotopic (exact) mass is 349 g/mol. The van der Waals surface area contributed by atoms with E-state index < -0.39 is 5.91 Å². The van der Waals surface area contributed by atoms with Gasteiger partial charge in [-0.15, -0.1) is 0 Å². The molecular weight excluding hydrogens is 334 g/mol. The van der Waals surface area contributed by atoms with Crippen molar-refractivity contribution in [1.82, 2.24) is 0 Å². The van der Waals surface area contributed by atoms with Gasteiger partial charge in [0.1, 0.15) is 5.75 Å². The van der Waals surface area contributed by atoms with E-state index in [1.54, 1.807) is 12.1 Å². The van der Waals surface area contributed by atoms with Gasteiger partial charge in [0, 0.05) is 11.8 Å². The molecule has 0 heterocycles. The van der Waals surface area contributed by atoms with Crippen molar-refractivity contribution in [2.24, 2.45) is 5.73 Å². The Balaban J connectivity index is 2.29. The smallest absolute Gasteiger partial charge is 0.311 e. The molecule has 2 aromatic rings. The van der Waals surface area contributed by atoms with Gasteiger partial charge >= 0.3 is 5.97 Å². The summed E-state index contributed by atoms with van der Waals surface area (Å²) in [5.41, 5.74) is 5.69. The van der Waals surface area contributed by atoms with Crippen LogP contribution in [0.2, 0.25) is 0 Å². The predicted octanol–water partition coefficient (Wildman–Crippen LogP) is 3.41. The molecule has 0 fully saturated rings. The van der Waals surface area contributed by atoms with Crippen molar-refractivity contribution < 1.29 is 14.3 Å². The molecule has 0 aromatic heterocycles. The molecule has 0 unspecified atom stereocenters. The van der Waals surface area contributed by atoms with E-state index in [4.69, 9.17) is 10.5 Å². The Morgan fingerprint density at radius 2 is 1.86 bits per heavy atom. The minimum Gasteiger partial charge on any atom is -0.426 e. The van der Waals surface area contributed by atoms with Gasteiger partial charge < -0.3 is 10.5 Å². The zero-order chi connectivity index (χ0) is 15.2. The molecule has 110 valence electrons. The van der Waals surface area contributed by atoms with Gasteiger partial charge in [-0.1, -0.05) is 46.3 Å². The molecule has 0 saturated carbocycles. The van der Waals surface area contributed by atoms with Gasteiger partial charge in [0.15, 0.2) is 0 Å². The summed E-state index contributed by atoms with van der Waals surface area (Å²) in [6.45, 7) is 0. The molecule has 4 nitrogen and oxygen atoms in total. The highest BCUT2D eigenvalue weighted by molar-refractivity contribution is 9.09.